The van der Waals surface area contributed by atoms with E-state index in [0.717, 1.165) is 18.4 Å². The largest absolute Gasteiger partial charge is 0.464 e. The van der Waals surface area contributed by atoms with Crippen molar-refractivity contribution in [3.63, 3.8) is 0 Å². The number of benzene rings is 1. The van der Waals surface area contributed by atoms with Gasteiger partial charge in [0, 0.05) is 26.2 Å². The number of nitrogens with zero attached hydrogens (tertiary/aromatic N) is 5. The third-order valence-corrected chi connectivity index (χ3v) is 6.62. The van der Waals surface area contributed by atoms with Crippen molar-refractivity contribution >= 4 is 16.0 Å². The fraction of sp³-hybridized carbons (Fsp3) is 0.500. The molecule has 0 saturated carbocycles. The van der Waals surface area contributed by atoms with Gasteiger partial charge >= 0.3 is 5.97 Å². The number of esters is 1. The Hall–Kier alpha value is -2.30. The van der Waals surface area contributed by atoms with E-state index in [1.807, 2.05) is 12.1 Å². The van der Waals surface area contributed by atoms with E-state index >= 15 is 0 Å². The summed E-state index contributed by atoms with van der Waals surface area (Å²) in [4.78, 5) is 13.8. The van der Waals surface area contributed by atoms with Crippen LogP contribution in [0.1, 0.15) is 29.4 Å². The summed E-state index contributed by atoms with van der Waals surface area (Å²) in [6.45, 7) is 4.47. The lowest BCUT2D eigenvalue weighted by molar-refractivity contribution is 0.0593. The topological polar surface area (TPSA) is 97.6 Å². The van der Waals surface area contributed by atoms with Gasteiger partial charge in [-0.25, -0.2) is 17.9 Å². The monoisotopic (exact) mass is 407 g/mol. The molecule has 3 rings (SSSR count). The Labute approximate surface area is 164 Å². The Morgan fingerprint density at radius 3 is 2.43 bits per heavy atom. The molecule has 0 radical (unpaired) electrons. The third-order valence-electron chi connectivity index (χ3n) is 4.71. The first-order valence-corrected chi connectivity index (χ1v) is 10.7. The van der Waals surface area contributed by atoms with Gasteiger partial charge in [-0.05, 0) is 24.1 Å². The smallest absolute Gasteiger partial charge is 0.360 e. The van der Waals surface area contributed by atoms with E-state index < -0.39 is 16.0 Å². The molecule has 152 valence electrons. The Balaban J connectivity index is 1.58. The molecular weight excluding hydrogens is 382 g/mol. The molecule has 1 fully saturated rings. The summed E-state index contributed by atoms with van der Waals surface area (Å²) in [5.41, 5.74) is 1.29. The lowest BCUT2D eigenvalue weighted by atomic mass is 10.1. The third kappa shape index (κ3) is 4.57. The van der Waals surface area contributed by atoms with Crippen LogP contribution >= 0.6 is 0 Å². The lowest BCUT2D eigenvalue weighted by Crippen LogP contribution is -2.48. The molecule has 0 N–H and O–H groups in total. The van der Waals surface area contributed by atoms with Crippen LogP contribution in [0.2, 0.25) is 0 Å². The number of aryl methyl sites for hydroxylation is 1. The van der Waals surface area contributed by atoms with Crippen LogP contribution in [0.5, 0.6) is 0 Å². The van der Waals surface area contributed by atoms with Crippen molar-refractivity contribution in [2.75, 3.05) is 33.3 Å². The highest BCUT2D eigenvalue weighted by atomic mass is 32.2. The Morgan fingerprint density at radius 2 is 1.82 bits per heavy atom. The average Bonchev–Trinajstić information content (AvgIpc) is 3.17. The number of hydrogen-bond donors (Lipinski definition) is 0. The van der Waals surface area contributed by atoms with Crippen LogP contribution < -0.4 is 0 Å². The van der Waals surface area contributed by atoms with Crippen molar-refractivity contribution in [1.29, 1.82) is 0 Å². The molecule has 28 heavy (non-hydrogen) atoms. The zero-order valence-electron chi connectivity index (χ0n) is 16.1. The van der Waals surface area contributed by atoms with Gasteiger partial charge in [0.05, 0.1) is 24.9 Å². The van der Waals surface area contributed by atoms with E-state index in [1.54, 1.807) is 16.8 Å². The molecular formula is C18H25N5O4S. The van der Waals surface area contributed by atoms with Crippen molar-refractivity contribution in [2.24, 2.45) is 0 Å². The van der Waals surface area contributed by atoms with E-state index in [0.29, 0.717) is 37.7 Å². The molecule has 0 unspecified atom stereocenters. The van der Waals surface area contributed by atoms with Gasteiger partial charge in [-0.3, -0.25) is 4.90 Å². The van der Waals surface area contributed by atoms with Crippen molar-refractivity contribution in [3.8, 4) is 0 Å². The van der Waals surface area contributed by atoms with Crippen LogP contribution in [-0.2, 0) is 27.8 Å². The normalized spacial score (nSPS) is 16.2. The van der Waals surface area contributed by atoms with E-state index in [9.17, 15) is 13.2 Å². The number of hydrogen-bond acceptors (Lipinski definition) is 7. The fourth-order valence-corrected chi connectivity index (χ4v) is 4.57. The van der Waals surface area contributed by atoms with Crippen LogP contribution in [0.4, 0.5) is 0 Å². The summed E-state index contributed by atoms with van der Waals surface area (Å²) in [6.07, 6.45) is 3.49. The lowest BCUT2D eigenvalue weighted by Gasteiger charge is -2.33. The second kappa shape index (κ2) is 8.80. The zero-order valence-corrected chi connectivity index (χ0v) is 16.9. The molecule has 1 saturated heterocycles. The van der Waals surface area contributed by atoms with E-state index in [2.05, 4.69) is 26.9 Å². The molecule has 2 aromatic rings. The maximum Gasteiger partial charge on any atom is 0.360 e. The summed E-state index contributed by atoms with van der Waals surface area (Å²) in [5, 5.41) is 7.68. The summed E-state index contributed by atoms with van der Waals surface area (Å²) in [6, 6.07) is 7.15. The highest BCUT2D eigenvalue weighted by Crippen LogP contribution is 2.19. The minimum Gasteiger partial charge on any atom is -0.464 e. The number of carbonyl (C=O) groups is 1. The molecule has 0 spiro atoms. The van der Waals surface area contributed by atoms with Gasteiger partial charge in [0.15, 0.2) is 5.69 Å². The van der Waals surface area contributed by atoms with E-state index in [-0.39, 0.29) is 5.69 Å². The SMILES string of the molecule is CCCc1ccc(S(=O)(=O)N2CCN(Cn3cc(C(=O)OC)nn3)CC2)cc1. The maximum absolute atomic E-state index is 12.9. The predicted octanol–water partition coefficient (Wildman–Crippen LogP) is 0.981. The van der Waals surface area contributed by atoms with Gasteiger partial charge < -0.3 is 4.74 Å². The van der Waals surface area contributed by atoms with Gasteiger partial charge in [0.1, 0.15) is 0 Å². The number of aromatic nitrogens is 3. The van der Waals surface area contributed by atoms with Crippen LogP contribution in [0.25, 0.3) is 0 Å². The Bertz CT molecular complexity index is 902. The van der Waals surface area contributed by atoms with E-state index in [4.69, 9.17) is 0 Å². The molecule has 2 heterocycles. The number of methoxy groups -OCH3 is 1. The van der Waals surface area contributed by atoms with Crippen molar-refractivity contribution in [1.82, 2.24) is 24.2 Å². The first kappa shape index (κ1) is 20.4. The fourth-order valence-electron chi connectivity index (χ4n) is 3.15. The minimum absolute atomic E-state index is 0.148. The molecule has 0 aliphatic carbocycles. The van der Waals surface area contributed by atoms with Gasteiger partial charge in [-0.1, -0.05) is 30.7 Å². The van der Waals surface area contributed by atoms with Crippen molar-refractivity contribution in [3.05, 3.63) is 41.7 Å². The molecule has 1 aromatic heterocycles. The standard InChI is InChI=1S/C18H25N5O4S/c1-3-4-15-5-7-16(8-6-15)28(25,26)23-11-9-21(10-12-23)14-22-13-17(19-20-22)18(24)27-2/h5-8,13H,3-4,9-12,14H2,1-2H3. The molecule has 10 heteroatoms. The molecule has 9 nitrogen and oxygen atoms in total. The second-order valence-electron chi connectivity index (χ2n) is 6.69. The number of carbonyl (C=O) groups excluding carboxylic acids is 1. The zero-order chi connectivity index (χ0) is 20.1. The molecule has 1 aliphatic heterocycles. The minimum atomic E-state index is -3.49. The number of rotatable bonds is 7. The summed E-state index contributed by atoms with van der Waals surface area (Å²) >= 11 is 0. The highest BCUT2D eigenvalue weighted by Gasteiger charge is 2.28. The second-order valence-corrected chi connectivity index (χ2v) is 8.63. The summed E-state index contributed by atoms with van der Waals surface area (Å²) in [7, 11) is -2.20. The molecule has 1 aliphatic rings. The number of ether oxygens (including phenoxy) is 1. The highest BCUT2D eigenvalue weighted by molar-refractivity contribution is 7.89. The van der Waals surface area contributed by atoms with Gasteiger partial charge in [0.25, 0.3) is 0 Å². The number of sulfonamides is 1. The first-order valence-electron chi connectivity index (χ1n) is 9.24. The summed E-state index contributed by atoms with van der Waals surface area (Å²) < 4.78 is 33.4. The molecule has 0 amide bonds. The van der Waals surface area contributed by atoms with E-state index in [1.165, 1.54) is 17.6 Å². The Morgan fingerprint density at radius 1 is 1.14 bits per heavy atom. The molecule has 1 aromatic carbocycles. The summed E-state index contributed by atoms with van der Waals surface area (Å²) in [5.74, 6) is -0.535. The van der Waals surface area contributed by atoms with Crippen molar-refractivity contribution < 1.29 is 17.9 Å². The molecule has 0 atom stereocenters. The number of piperazine rings is 1. The average molecular weight is 407 g/mol. The first-order chi connectivity index (χ1) is 13.4. The van der Waals surface area contributed by atoms with Crippen LogP contribution in [-0.4, -0.2) is 71.9 Å². The predicted molar refractivity (Wildman–Crippen MR) is 102 cm³/mol. The van der Waals surface area contributed by atoms with Crippen LogP contribution in [0, 0.1) is 0 Å². The quantitative estimate of drug-likeness (QED) is 0.631. The maximum atomic E-state index is 12.9. The van der Waals surface area contributed by atoms with Gasteiger partial charge in [0.2, 0.25) is 10.0 Å². The van der Waals surface area contributed by atoms with Crippen LogP contribution in [0.3, 0.4) is 0 Å². The van der Waals surface area contributed by atoms with Gasteiger partial charge in [-0.15, -0.1) is 5.10 Å². The Kier molecular flexibility index (Phi) is 6.42. The van der Waals surface area contributed by atoms with Crippen LogP contribution in [0.15, 0.2) is 35.4 Å². The van der Waals surface area contributed by atoms with Gasteiger partial charge in [-0.2, -0.15) is 4.31 Å². The van der Waals surface area contributed by atoms with Crippen molar-refractivity contribution in [2.45, 2.75) is 31.3 Å². The molecule has 0 bridgehead atoms.